The highest BCUT2D eigenvalue weighted by molar-refractivity contribution is 5.84. The molecule has 12 heteroatoms. The summed E-state index contributed by atoms with van der Waals surface area (Å²) in [6.45, 7) is 9.22. The van der Waals surface area contributed by atoms with Crippen LogP contribution in [0.4, 0.5) is 36.3 Å². The standard InChI is InChI=1S/C30H42F3N7O2/c1-5-20-16-21(40-18-22-8-9-23(19-40)38(22)4)10-11-25(20)36-28-35-17-24(30(31,32)33)26(37-28)34-12-6-13-39-14-7-15-42-29(2,3)27(39)41/h10-11,16-17,22-23H,5-9,12-15,18-19H2,1-4H3,(H2,34,35,36,37)/t22-,23+. The van der Waals surface area contributed by atoms with E-state index in [1.807, 2.05) is 6.07 Å². The fraction of sp³-hybridized carbons (Fsp3) is 0.633. The first-order valence-corrected chi connectivity index (χ1v) is 14.9. The van der Waals surface area contributed by atoms with E-state index in [0.29, 0.717) is 38.2 Å². The van der Waals surface area contributed by atoms with Crippen LogP contribution in [0.25, 0.3) is 0 Å². The van der Waals surface area contributed by atoms with Gasteiger partial charge in [-0.1, -0.05) is 6.92 Å². The summed E-state index contributed by atoms with van der Waals surface area (Å²) in [7, 11) is 2.21. The van der Waals surface area contributed by atoms with Crippen LogP contribution in [0.5, 0.6) is 0 Å². The Morgan fingerprint density at radius 3 is 2.60 bits per heavy atom. The number of benzene rings is 1. The second kappa shape index (κ2) is 12.2. The normalized spacial score (nSPS) is 22.8. The lowest BCUT2D eigenvalue weighted by Crippen LogP contribution is -2.52. The van der Waals surface area contributed by atoms with E-state index in [4.69, 9.17) is 4.74 Å². The van der Waals surface area contributed by atoms with E-state index in [2.05, 4.69) is 56.5 Å². The molecule has 4 heterocycles. The number of aryl methyl sites for hydroxylation is 1. The molecule has 2 bridgehead atoms. The predicted octanol–water partition coefficient (Wildman–Crippen LogP) is 4.91. The number of anilines is 4. The van der Waals surface area contributed by atoms with Crippen molar-refractivity contribution >= 4 is 29.0 Å². The lowest BCUT2D eigenvalue weighted by molar-refractivity contribution is -0.149. The van der Waals surface area contributed by atoms with E-state index in [1.54, 1.807) is 18.7 Å². The molecular weight excluding hydrogens is 547 g/mol. The van der Waals surface area contributed by atoms with E-state index < -0.39 is 17.3 Å². The summed E-state index contributed by atoms with van der Waals surface area (Å²) in [5.41, 5.74) is 1.15. The first-order chi connectivity index (χ1) is 20.0. The van der Waals surface area contributed by atoms with Crippen molar-refractivity contribution < 1.29 is 22.7 Å². The number of alkyl halides is 3. The molecule has 0 aliphatic carbocycles. The Kier molecular flexibility index (Phi) is 8.84. The number of halogens is 3. The van der Waals surface area contributed by atoms with Gasteiger partial charge in [-0.05, 0) is 76.8 Å². The minimum Gasteiger partial charge on any atom is -0.369 e. The molecule has 0 unspecified atom stereocenters. The van der Waals surface area contributed by atoms with Crippen LogP contribution in [0.3, 0.4) is 0 Å². The second-order valence-corrected chi connectivity index (χ2v) is 12.0. The third kappa shape index (κ3) is 6.59. The number of piperazine rings is 1. The van der Waals surface area contributed by atoms with E-state index >= 15 is 0 Å². The van der Waals surface area contributed by atoms with Gasteiger partial charge in [-0.25, -0.2) is 4.98 Å². The number of hydrogen-bond acceptors (Lipinski definition) is 8. The summed E-state index contributed by atoms with van der Waals surface area (Å²) in [6, 6.07) is 7.33. The predicted molar refractivity (Wildman–Crippen MR) is 157 cm³/mol. The van der Waals surface area contributed by atoms with Crippen molar-refractivity contribution in [1.82, 2.24) is 19.8 Å². The number of likely N-dealkylation sites (N-methyl/N-ethyl adjacent to an activating group) is 1. The molecule has 3 saturated heterocycles. The van der Waals surface area contributed by atoms with E-state index in [9.17, 15) is 18.0 Å². The van der Waals surface area contributed by atoms with Gasteiger partial charge in [0.1, 0.15) is 17.0 Å². The molecule has 0 radical (unpaired) electrons. The number of amides is 1. The van der Waals surface area contributed by atoms with Crippen LogP contribution in [0.2, 0.25) is 0 Å². The van der Waals surface area contributed by atoms with Crippen molar-refractivity contribution in [1.29, 1.82) is 0 Å². The van der Waals surface area contributed by atoms with Crippen molar-refractivity contribution in [2.45, 2.75) is 76.7 Å². The quantitative estimate of drug-likeness (QED) is 0.399. The van der Waals surface area contributed by atoms with Gasteiger partial charge in [-0.15, -0.1) is 0 Å². The molecule has 0 saturated carbocycles. The molecule has 3 aliphatic rings. The van der Waals surface area contributed by atoms with Gasteiger partial charge in [-0.3, -0.25) is 9.69 Å². The molecule has 2 atom stereocenters. The van der Waals surface area contributed by atoms with Crippen LogP contribution in [0.15, 0.2) is 24.4 Å². The monoisotopic (exact) mass is 589 g/mol. The second-order valence-electron chi connectivity index (χ2n) is 12.0. The molecule has 5 rings (SSSR count). The highest BCUT2D eigenvalue weighted by Gasteiger charge is 2.38. The van der Waals surface area contributed by atoms with Crippen molar-refractivity contribution in [3.05, 3.63) is 35.5 Å². The number of hydrogen-bond donors (Lipinski definition) is 2. The molecule has 3 fully saturated rings. The molecule has 1 aromatic heterocycles. The lowest BCUT2D eigenvalue weighted by atomic mass is 10.1. The summed E-state index contributed by atoms with van der Waals surface area (Å²) in [5, 5.41) is 5.99. The maximum Gasteiger partial charge on any atom is 0.421 e. The Balaban J connectivity index is 1.26. The molecule has 230 valence electrons. The summed E-state index contributed by atoms with van der Waals surface area (Å²) < 4.78 is 47.0. The van der Waals surface area contributed by atoms with E-state index in [-0.39, 0.29) is 24.2 Å². The molecule has 1 amide bonds. The fourth-order valence-corrected chi connectivity index (χ4v) is 6.24. The van der Waals surface area contributed by atoms with Crippen molar-refractivity contribution in [3.63, 3.8) is 0 Å². The van der Waals surface area contributed by atoms with Crippen LogP contribution in [-0.2, 0) is 22.1 Å². The van der Waals surface area contributed by atoms with Gasteiger partial charge in [0.2, 0.25) is 5.95 Å². The number of ether oxygens (including phenoxy) is 1. The van der Waals surface area contributed by atoms with Gasteiger partial charge >= 0.3 is 6.18 Å². The molecule has 0 spiro atoms. The zero-order chi connectivity index (χ0) is 30.1. The summed E-state index contributed by atoms with van der Waals surface area (Å²) in [5.74, 6) is -0.303. The third-order valence-electron chi connectivity index (χ3n) is 8.76. The van der Waals surface area contributed by atoms with E-state index in [1.165, 1.54) is 12.8 Å². The van der Waals surface area contributed by atoms with Crippen LogP contribution < -0.4 is 15.5 Å². The smallest absolute Gasteiger partial charge is 0.369 e. The number of fused-ring (bicyclic) bond motifs is 2. The SMILES string of the molecule is CCc1cc(N2C[C@H]3CC[C@@H](C2)N3C)ccc1Nc1ncc(C(F)(F)F)c(NCCCN2CCCOC(C)(C)C2=O)n1. The maximum atomic E-state index is 13.8. The van der Waals surface area contributed by atoms with Crippen LogP contribution in [-0.4, -0.2) is 89.7 Å². The number of nitrogens with zero attached hydrogens (tertiary/aromatic N) is 5. The maximum absolute atomic E-state index is 13.8. The Bertz CT molecular complexity index is 1260. The number of rotatable bonds is 9. The Morgan fingerprint density at radius 1 is 1.17 bits per heavy atom. The topological polar surface area (TPSA) is 85.9 Å². The Hall–Kier alpha value is -3.12. The minimum atomic E-state index is -4.61. The van der Waals surface area contributed by atoms with Crippen molar-refractivity contribution in [2.24, 2.45) is 0 Å². The van der Waals surface area contributed by atoms with Gasteiger partial charge < -0.3 is 25.2 Å². The average molecular weight is 590 g/mol. The van der Waals surface area contributed by atoms with Gasteiger partial charge in [0.25, 0.3) is 5.91 Å². The van der Waals surface area contributed by atoms with Gasteiger partial charge in [0.15, 0.2) is 0 Å². The van der Waals surface area contributed by atoms with Crippen LogP contribution in [0.1, 0.15) is 57.6 Å². The van der Waals surface area contributed by atoms with Gasteiger partial charge in [0, 0.05) is 69.0 Å². The minimum absolute atomic E-state index is 0.0900. The molecule has 2 aromatic rings. The van der Waals surface area contributed by atoms with Gasteiger partial charge in [-0.2, -0.15) is 18.2 Å². The highest BCUT2D eigenvalue weighted by Crippen LogP contribution is 2.36. The van der Waals surface area contributed by atoms with Crippen molar-refractivity contribution in [3.8, 4) is 0 Å². The highest BCUT2D eigenvalue weighted by atomic mass is 19.4. The third-order valence-corrected chi connectivity index (χ3v) is 8.76. The van der Waals surface area contributed by atoms with Crippen LogP contribution >= 0.6 is 0 Å². The first-order valence-electron chi connectivity index (χ1n) is 14.9. The molecular formula is C30H42F3N7O2. The molecule has 3 aliphatic heterocycles. The molecule has 42 heavy (non-hydrogen) atoms. The summed E-state index contributed by atoms with van der Waals surface area (Å²) in [4.78, 5) is 27.6. The largest absolute Gasteiger partial charge is 0.421 e. The zero-order valence-corrected chi connectivity index (χ0v) is 24.9. The average Bonchev–Trinajstić information content (AvgIpc) is 3.09. The number of carbonyl (C=O) groups excluding carboxylic acids is 1. The van der Waals surface area contributed by atoms with Gasteiger partial charge in [0.05, 0.1) is 0 Å². The number of carbonyl (C=O) groups is 1. The Morgan fingerprint density at radius 2 is 1.90 bits per heavy atom. The fourth-order valence-electron chi connectivity index (χ4n) is 6.24. The lowest BCUT2D eigenvalue weighted by Gasteiger charge is -2.40. The number of aromatic nitrogens is 2. The molecule has 2 N–H and O–H groups in total. The Labute approximate surface area is 245 Å². The first kappa shape index (κ1) is 30.3. The number of nitrogens with one attached hydrogen (secondary N) is 2. The molecule has 9 nitrogen and oxygen atoms in total. The molecule has 1 aromatic carbocycles. The van der Waals surface area contributed by atoms with Crippen LogP contribution in [0, 0.1) is 0 Å². The summed E-state index contributed by atoms with van der Waals surface area (Å²) >= 11 is 0. The van der Waals surface area contributed by atoms with E-state index in [0.717, 1.165) is 49.1 Å². The van der Waals surface area contributed by atoms with Crippen molar-refractivity contribution in [2.75, 3.05) is 61.9 Å². The summed E-state index contributed by atoms with van der Waals surface area (Å²) in [6.07, 6.45) is 0.586. The zero-order valence-electron chi connectivity index (χ0n) is 24.9.